The van der Waals surface area contributed by atoms with Crippen molar-refractivity contribution in [3.05, 3.63) is 47.3 Å². The molecule has 1 amide bonds. The third-order valence-corrected chi connectivity index (χ3v) is 5.17. The minimum absolute atomic E-state index is 0.114. The number of hydrogen-bond donors (Lipinski definition) is 0. The smallest absolute Gasteiger partial charge is 0.292 e. The van der Waals surface area contributed by atoms with Gasteiger partial charge in [0.1, 0.15) is 17.9 Å². The number of thiazole rings is 1. The van der Waals surface area contributed by atoms with Crippen molar-refractivity contribution in [2.75, 3.05) is 13.7 Å². The highest BCUT2D eigenvalue weighted by atomic mass is 32.1. The Morgan fingerprint density at radius 3 is 2.93 bits per heavy atom. The van der Waals surface area contributed by atoms with Gasteiger partial charge >= 0.3 is 0 Å². The van der Waals surface area contributed by atoms with Crippen molar-refractivity contribution in [2.45, 2.75) is 12.6 Å². The third kappa shape index (κ3) is 3.15. The Morgan fingerprint density at radius 2 is 2.15 bits per heavy atom. The van der Waals surface area contributed by atoms with Crippen molar-refractivity contribution in [1.82, 2.24) is 4.57 Å². The van der Waals surface area contributed by atoms with Crippen LogP contribution >= 0.6 is 11.3 Å². The number of benzene rings is 2. The molecule has 1 unspecified atom stereocenters. The van der Waals surface area contributed by atoms with Gasteiger partial charge in [-0.05, 0) is 24.3 Å². The molecule has 136 valence electrons. The van der Waals surface area contributed by atoms with Crippen LogP contribution in [0.3, 0.4) is 0 Å². The minimum atomic E-state index is -0.800. The zero-order valence-corrected chi connectivity index (χ0v) is 15.4. The molecule has 6 nitrogen and oxygen atoms in total. The van der Waals surface area contributed by atoms with Gasteiger partial charge in [-0.3, -0.25) is 4.79 Å². The first kappa shape index (κ1) is 17.2. The molecule has 7 heteroatoms. The lowest BCUT2D eigenvalue weighted by Crippen LogP contribution is -2.36. The van der Waals surface area contributed by atoms with E-state index in [1.807, 2.05) is 30.3 Å². The number of methoxy groups -OCH3 is 1. The van der Waals surface area contributed by atoms with Crippen LogP contribution in [-0.4, -0.2) is 30.3 Å². The second kappa shape index (κ2) is 7.17. The quantitative estimate of drug-likeness (QED) is 0.656. The van der Waals surface area contributed by atoms with E-state index in [9.17, 15) is 4.79 Å². The normalized spacial score (nSPS) is 16.1. The molecule has 0 N–H and O–H groups in total. The summed E-state index contributed by atoms with van der Waals surface area (Å²) in [5.74, 6) is 4.03. The van der Waals surface area contributed by atoms with Gasteiger partial charge in [0.2, 0.25) is 6.10 Å². The highest BCUT2D eigenvalue weighted by molar-refractivity contribution is 7.16. The van der Waals surface area contributed by atoms with E-state index < -0.39 is 12.0 Å². The van der Waals surface area contributed by atoms with Crippen LogP contribution in [0, 0.1) is 12.3 Å². The van der Waals surface area contributed by atoms with Gasteiger partial charge in [-0.15, -0.1) is 6.42 Å². The monoisotopic (exact) mass is 380 g/mol. The number of nitrogens with zero attached hydrogens (tertiary/aromatic N) is 2. The molecule has 0 fully saturated rings. The molecule has 0 radical (unpaired) electrons. The number of fused-ring (bicyclic) bond motifs is 2. The number of para-hydroxylation sites is 3. The minimum Gasteiger partial charge on any atom is -0.495 e. The molecule has 1 aromatic heterocycles. The summed E-state index contributed by atoms with van der Waals surface area (Å²) in [5, 5.41) is 0. The largest absolute Gasteiger partial charge is 0.495 e. The van der Waals surface area contributed by atoms with E-state index in [2.05, 4.69) is 10.9 Å². The van der Waals surface area contributed by atoms with Gasteiger partial charge < -0.3 is 18.8 Å². The fourth-order valence-corrected chi connectivity index (χ4v) is 3.95. The molecule has 3 aromatic rings. The maximum Gasteiger partial charge on any atom is 0.292 e. The van der Waals surface area contributed by atoms with Crippen molar-refractivity contribution in [2.24, 2.45) is 4.99 Å². The molecule has 0 bridgehead atoms. The van der Waals surface area contributed by atoms with E-state index in [0.29, 0.717) is 22.0 Å². The van der Waals surface area contributed by atoms with Crippen LogP contribution in [0.15, 0.2) is 47.5 Å². The van der Waals surface area contributed by atoms with Gasteiger partial charge in [0, 0.05) is 0 Å². The Bertz CT molecular complexity index is 1120. The summed E-state index contributed by atoms with van der Waals surface area (Å²) < 4.78 is 19.5. The second-order valence-electron chi connectivity index (χ2n) is 5.80. The van der Waals surface area contributed by atoms with Crippen molar-refractivity contribution >= 4 is 27.5 Å². The first-order valence-corrected chi connectivity index (χ1v) is 9.10. The van der Waals surface area contributed by atoms with E-state index >= 15 is 0 Å². The highest BCUT2D eigenvalue weighted by Crippen LogP contribution is 2.31. The number of amides is 1. The molecular formula is C20H16N2O4S. The lowest BCUT2D eigenvalue weighted by atomic mass is 10.2. The zero-order chi connectivity index (χ0) is 18.8. The molecule has 4 rings (SSSR count). The first-order valence-electron chi connectivity index (χ1n) is 8.28. The van der Waals surface area contributed by atoms with Crippen LogP contribution < -0.4 is 19.0 Å². The molecule has 2 heterocycles. The second-order valence-corrected chi connectivity index (χ2v) is 6.81. The standard InChI is InChI=1S/C20H16N2O4S/c1-3-11-22-18-15(24-2)9-6-10-17(18)27-20(22)21-19(23)16-12-25-13-7-4-5-8-14(13)26-16/h1,4-10,16H,11-12H2,2H3. The van der Waals surface area contributed by atoms with Crippen LogP contribution in [0.5, 0.6) is 17.2 Å². The lowest BCUT2D eigenvalue weighted by molar-refractivity contribution is -0.127. The van der Waals surface area contributed by atoms with Crippen molar-refractivity contribution in [3.63, 3.8) is 0 Å². The number of ether oxygens (including phenoxy) is 3. The molecular weight excluding hydrogens is 364 g/mol. The Hall–Kier alpha value is -3.24. The molecule has 2 aromatic carbocycles. The Morgan fingerprint density at radius 1 is 1.33 bits per heavy atom. The van der Waals surface area contributed by atoms with Crippen molar-refractivity contribution in [3.8, 4) is 29.6 Å². The number of terminal acetylenes is 1. The summed E-state index contributed by atoms with van der Waals surface area (Å²) in [5.41, 5.74) is 0.820. The number of carbonyl (C=O) groups is 1. The maximum atomic E-state index is 12.7. The summed E-state index contributed by atoms with van der Waals surface area (Å²) in [6, 6.07) is 12.9. The molecule has 1 aliphatic rings. The fraction of sp³-hybridized carbons (Fsp3) is 0.200. The maximum absolute atomic E-state index is 12.7. The topological polar surface area (TPSA) is 62.1 Å². The SMILES string of the molecule is C#CCn1c(=NC(=O)C2COc3ccccc3O2)sc2cccc(OC)c21. The number of aromatic nitrogens is 1. The van der Waals surface area contributed by atoms with Crippen LogP contribution in [0.2, 0.25) is 0 Å². The predicted octanol–water partition coefficient (Wildman–Crippen LogP) is 2.61. The van der Waals surface area contributed by atoms with Crippen molar-refractivity contribution in [1.29, 1.82) is 0 Å². The molecule has 0 spiro atoms. The average Bonchev–Trinajstić information content (AvgIpc) is 3.05. The third-order valence-electron chi connectivity index (χ3n) is 4.12. The number of carbonyl (C=O) groups excluding carboxylic acids is 1. The number of rotatable bonds is 3. The summed E-state index contributed by atoms with van der Waals surface area (Å²) >= 11 is 1.37. The van der Waals surface area contributed by atoms with E-state index in [1.54, 1.807) is 23.8 Å². The Kier molecular flexibility index (Phi) is 4.57. The van der Waals surface area contributed by atoms with Crippen LogP contribution in [0.4, 0.5) is 0 Å². The first-order chi connectivity index (χ1) is 13.2. The van der Waals surface area contributed by atoms with Gasteiger partial charge in [0.05, 0.1) is 18.4 Å². The van der Waals surface area contributed by atoms with Crippen LogP contribution in [-0.2, 0) is 11.3 Å². The molecule has 27 heavy (non-hydrogen) atoms. The molecule has 0 saturated heterocycles. The van der Waals surface area contributed by atoms with E-state index in [1.165, 1.54) is 11.3 Å². The number of hydrogen-bond acceptors (Lipinski definition) is 5. The lowest BCUT2D eigenvalue weighted by Gasteiger charge is -2.23. The van der Waals surface area contributed by atoms with Gasteiger partial charge in [0.15, 0.2) is 16.3 Å². The summed E-state index contributed by atoms with van der Waals surface area (Å²) in [6.45, 7) is 0.389. The Labute approximate surface area is 159 Å². The molecule has 1 atom stereocenters. The Balaban J connectivity index is 1.74. The fourth-order valence-electron chi connectivity index (χ4n) is 2.89. The van der Waals surface area contributed by atoms with Crippen LogP contribution in [0.1, 0.15) is 0 Å². The molecule has 1 aliphatic heterocycles. The molecule has 0 aliphatic carbocycles. The molecule has 0 saturated carbocycles. The predicted molar refractivity (Wildman–Crippen MR) is 102 cm³/mol. The van der Waals surface area contributed by atoms with E-state index in [4.69, 9.17) is 20.6 Å². The zero-order valence-electron chi connectivity index (χ0n) is 14.5. The van der Waals surface area contributed by atoms with E-state index in [0.717, 1.165) is 10.2 Å². The summed E-state index contributed by atoms with van der Waals surface area (Å²) in [6.07, 6.45) is 4.72. The van der Waals surface area contributed by atoms with E-state index in [-0.39, 0.29) is 13.2 Å². The van der Waals surface area contributed by atoms with Crippen LogP contribution in [0.25, 0.3) is 10.2 Å². The van der Waals surface area contributed by atoms with Crippen molar-refractivity contribution < 1.29 is 19.0 Å². The summed E-state index contributed by atoms with van der Waals surface area (Å²) in [7, 11) is 1.60. The van der Waals surface area contributed by atoms with Gasteiger partial charge in [-0.2, -0.15) is 4.99 Å². The van der Waals surface area contributed by atoms with Gasteiger partial charge in [-0.1, -0.05) is 35.5 Å². The highest BCUT2D eigenvalue weighted by Gasteiger charge is 2.27. The average molecular weight is 380 g/mol. The summed E-state index contributed by atoms with van der Waals surface area (Å²) in [4.78, 5) is 17.5. The van der Waals surface area contributed by atoms with Gasteiger partial charge in [-0.25, -0.2) is 0 Å². The van der Waals surface area contributed by atoms with Gasteiger partial charge in [0.25, 0.3) is 5.91 Å².